The molecule has 19 heavy (non-hydrogen) atoms. The number of carbonyl (C=O) groups is 1. The van der Waals surface area contributed by atoms with Crippen molar-refractivity contribution in [2.75, 3.05) is 17.2 Å². The topological polar surface area (TPSA) is 80.0 Å². The SMILES string of the molecule is CCNc1cc(C(=O)Nc2nc(C)co2)cc(C)n1. The van der Waals surface area contributed by atoms with Crippen molar-refractivity contribution < 1.29 is 9.21 Å². The van der Waals surface area contributed by atoms with Crippen LogP contribution in [-0.2, 0) is 0 Å². The lowest BCUT2D eigenvalue weighted by Gasteiger charge is -2.07. The van der Waals surface area contributed by atoms with Gasteiger partial charge in [-0.3, -0.25) is 10.1 Å². The number of aromatic nitrogens is 2. The summed E-state index contributed by atoms with van der Waals surface area (Å²) in [5.74, 6) is 0.405. The zero-order valence-corrected chi connectivity index (χ0v) is 11.2. The van der Waals surface area contributed by atoms with E-state index >= 15 is 0 Å². The number of carbonyl (C=O) groups excluding carboxylic acids is 1. The third kappa shape index (κ3) is 3.31. The van der Waals surface area contributed by atoms with Crippen LogP contribution in [0.15, 0.2) is 22.8 Å². The number of nitrogens with zero attached hydrogens (tertiary/aromatic N) is 2. The van der Waals surface area contributed by atoms with Crippen LogP contribution in [0.3, 0.4) is 0 Å². The van der Waals surface area contributed by atoms with Crippen LogP contribution in [0.2, 0.25) is 0 Å². The van der Waals surface area contributed by atoms with Gasteiger partial charge in [-0.25, -0.2) is 4.98 Å². The fourth-order valence-corrected chi connectivity index (χ4v) is 1.65. The Bertz CT molecular complexity index is 592. The van der Waals surface area contributed by atoms with Crippen molar-refractivity contribution in [2.45, 2.75) is 20.8 Å². The smallest absolute Gasteiger partial charge is 0.301 e. The number of oxazole rings is 1. The van der Waals surface area contributed by atoms with E-state index in [1.165, 1.54) is 6.26 Å². The molecule has 2 aromatic heterocycles. The van der Waals surface area contributed by atoms with Crippen LogP contribution < -0.4 is 10.6 Å². The Balaban J connectivity index is 2.18. The number of amides is 1. The van der Waals surface area contributed by atoms with E-state index in [-0.39, 0.29) is 11.9 Å². The first-order chi connectivity index (χ1) is 9.08. The van der Waals surface area contributed by atoms with Crippen molar-refractivity contribution in [2.24, 2.45) is 0 Å². The van der Waals surface area contributed by atoms with Crippen LogP contribution in [-0.4, -0.2) is 22.4 Å². The molecule has 0 atom stereocenters. The molecule has 2 N–H and O–H groups in total. The molecular weight excluding hydrogens is 244 g/mol. The lowest BCUT2D eigenvalue weighted by atomic mass is 10.2. The largest absolute Gasteiger partial charge is 0.432 e. The van der Waals surface area contributed by atoms with Crippen LogP contribution in [0.1, 0.15) is 28.7 Å². The van der Waals surface area contributed by atoms with E-state index in [9.17, 15) is 4.79 Å². The molecule has 0 fully saturated rings. The Kier molecular flexibility index (Phi) is 3.79. The summed E-state index contributed by atoms with van der Waals surface area (Å²) in [7, 11) is 0. The molecule has 0 aliphatic carbocycles. The summed E-state index contributed by atoms with van der Waals surface area (Å²) in [5, 5.41) is 5.68. The van der Waals surface area contributed by atoms with E-state index in [2.05, 4.69) is 20.6 Å². The average molecular weight is 260 g/mol. The molecule has 0 radical (unpaired) electrons. The van der Waals surface area contributed by atoms with Crippen molar-refractivity contribution in [3.05, 3.63) is 35.3 Å². The van der Waals surface area contributed by atoms with Gasteiger partial charge in [-0.1, -0.05) is 0 Å². The van der Waals surface area contributed by atoms with E-state index in [1.54, 1.807) is 19.1 Å². The molecule has 2 rings (SSSR count). The van der Waals surface area contributed by atoms with E-state index in [1.807, 2.05) is 13.8 Å². The maximum absolute atomic E-state index is 12.1. The van der Waals surface area contributed by atoms with Gasteiger partial charge in [0, 0.05) is 17.8 Å². The summed E-state index contributed by atoms with van der Waals surface area (Å²) in [4.78, 5) is 20.4. The van der Waals surface area contributed by atoms with Gasteiger partial charge in [-0.2, -0.15) is 4.98 Å². The van der Waals surface area contributed by atoms with E-state index in [0.29, 0.717) is 11.4 Å². The number of anilines is 2. The van der Waals surface area contributed by atoms with Gasteiger partial charge < -0.3 is 9.73 Å². The third-order valence-electron chi connectivity index (χ3n) is 2.41. The molecule has 6 nitrogen and oxygen atoms in total. The molecule has 2 aromatic rings. The Morgan fingerprint density at radius 2 is 2.05 bits per heavy atom. The van der Waals surface area contributed by atoms with E-state index in [0.717, 1.165) is 17.9 Å². The lowest BCUT2D eigenvalue weighted by molar-refractivity contribution is 0.102. The quantitative estimate of drug-likeness (QED) is 0.882. The highest BCUT2D eigenvalue weighted by Gasteiger charge is 2.11. The normalized spacial score (nSPS) is 10.3. The Morgan fingerprint density at radius 1 is 1.26 bits per heavy atom. The van der Waals surface area contributed by atoms with Gasteiger partial charge in [0.25, 0.3) is 5.91 Å². The van der Waals surface area contributed by atoms with Gasteiger partial charge in [0.15, 0.2) is 0 Å². The van der Waals surface area contributed by atoms with Crippen molar-refractivity contribution in [1.29, 1.82) is 0 Å². The fraction of sp³-hybridized carbons (Fsp3) is 0.308. The number of aryl methyl sites for hydroxylation is 2. The second kappa shape index (κ2) is 5.51. The molecule has 0 aliphatic rings. The van der Waals surface area contributed by atoms with Gasteiger partial charge in [-0.15, -0.1) is 0 Å². The van der Waals surface area contributed by atoms with Crippen molar-refractivity contribution in [3.8, 4) is 0 Å². The number of pyridine rings is 1. The minimum atomic E-state index is -0.272. The number of rotatable bonds is 4. The highest BCUT2D eigenvalue weighted by molar-refractivity contribution is 6.03. The second-order valence-electron chi connectivity index (χ2n) is 4.16. The molecular formula is C13H16N4O2. The molecule has 0 aliphatic heterocycles. The number of hydrogen-bond acceptors (Lipinski definition) is 5. The van der Waals surface area contributed by atoms with E-state index < -0.39 is 0 Å². The van der Waals surface area contributed by atoms with Crippen LogP contribution in [0.4, 0.5) is 11.8 Å². The van der Waals surface area contributed by atoms with Crippen molar-refractivity contribution >= 4 is 17.7 Å². The van der Waals surface area contributed by atoms with Gasteiger partial charge in [0.2, 0.25) is 0 Å². The molecule has 0 unspecified atom stereocenters. The molecule has 2 heterocycles. The van der Waals surface area contributed by atoms with Crippen molar-refractivity contribution in [3.63, 3.8) is 0 Å². The van der Waals surface area contributed by atoms with Gasteiger partial charge in [0.1, 0.15) is 12.1 Å². The molecule has 0 aromatic carbocycles. The van der Waals surface area contributed by atoms with E-state index in [4.69, 9.17) is 4.42 Å². The molecule has 0 bridgehead atoms. The highest BCUT2D eigenvalue weighted by Crippen LogP contribution is 2.13. The van der Waals surface area contributed by atoms with Crippen LogP contribution in [0.25, 0.3) is 0 Å². The summed E-state index contributed by atoms with van der Waals surface area (Å²) < 4.78 is 5.09. The first-order valence-electron chi connectivity index (χ1n) is 6.04. The summed E-state index contributed by atoms with van der Waals surface area (Å²) in [6.45, 7) is 6.35. The molecule has 0 saturated carbocycles. The Morgan fingerprint density at radius 3 is 2.68 bits per heavy atom. The minimum absolute atomic E-state index is 0.196. The fourth-order valence-electron chi connectivity index (χ4n) is 1.65. The predicted molar refractivity (Wildman–Crippen MR) is 72.3 cm³/mol. The molecule has 100 valence electrons. The maximum atomic E-state index is 12.1. The predicted octanol–water partition coefficient (Wildman–Crippen LogP) is 2.37. The van der Waals surface area contributed by atoms with Crippen molar-refractivity contribution in [1.82, 2.24) is 9.97 Å². The average Bonchev–Trinajstić information content (AvgIpc) is 2.74. The number of hydrogen-bond donors (Lipinski definition) is 2. The Hall–Kier alpha value is -2.37. The first-order valence-corrected chi connectivity index (χ1v) is 6.04. The highest BCUT2D eigenvalue weighted by atomic mass is 16.4. The van der Waals surface area contributed by atoms with Crippen LogP contribution in [0, 0.1) is 13.8 Å². The van der Waals surface area contributed by atoms with Crippen LogP contribution in [0.5, 0.6) is 0 Å². The van der Waals surface area contributed by atoms with Gasteiger partial charge >= 0.3 is 6.01 Å². The Labute approximate surface area is 111 Å². The standard InChI is InChI=1S/C13H16N4O2/c1-4-14-11-6-10(5-8(2)15-11)12(18)17-13-16-9(3)7-19-13/h5-7H,4H2,1-3H3,(H,14,15)(H,16,17,18). The van der Waals surface area contributed by atoms with Gasteiger partial charge in [0.05, 0.1) is 5.69 Å². The van der Waals surface area contributed by atoms with Crippen LogP contribution >= 0.6 is 0 Å². The molecule has 1 amide bonds. The lowest BCUT2D eigenvalue weighted by Crippen LogP contribution is -2.13. The van der Waals surface area contributed by atoms with Gasteiger partial charge in [-0.05, 0) is 32.9 Å². The first kappa shape index (κ1) is 13.1. The zero-order valence-electron chi connectivity index (χ0n) is 11.2. The zero-order chi connectivity index (χ0) is 13.8. The molecule has 6 heteroatoms. The summed E-state index contributed by atoms with van der Waals surface area (Å²) >= 11 is 0. The summed E-state index contributed by atoms with van der Waals surface area (Å²) in [6, 6.07) is 3.61. The molecule has 0 saturated heterocycles. The second-order valence-corrected chi connectivity index (χ2v) is 4.16. The summed E-state index contributed by atoms with van der Waals surface area (Å²) in [6.07, 6.45) is 1.48. The maximum Gasteiger partial charge on any atom is 0.301 e. The summed E-state index contributed by atoms with van der Waals surface area (Å²) in [5.41, 5.74) is 2.00. The number of nitrogens with one attached hydrogen (secondary N) is 2. The third-order valence-corrected chi connectivity index (χ3v) is 2.41. The monoisotopic (exact) mass is 260 g/mol. The molecule has 0 spiro atoms. The minimum Gasteiger partial charge on any atom is -0.432 e.